The first-order chi connectivity index (χ1) is 5.44. The van der Waals surface area contributed by atoms with Gasteiger partial charge in [0.1, 0.15) is 3.82 Å². The molecule has 0 aliphatic rings. The average Bonchev–Trinajstić information content (AvgIpc) is 2.35. The van der Waals surface area contributed by atoms with Crippen LogP contribution in [0.5, 0.6) is 0 Å². The van der Waals surface area contributed by atoms with Crippen molar-refractivity contribution in [3.05, 3.63) is 14.8 Å². The van der Waals surface area contributed by atoms with Crippen molar-refractivity contribution in [3.8, 4) is 0 Å². The van der Waals surface area contributed by atoms with E-state index in [2.05, 4.69) is 12.2 Å². The van der Waals surface area contributed by atoms with Gasteiger partial charge >= 0.3 is 12.3 Å². The summed E-state index contributed by atoms with van der Waals surface area (Å²) < 4.78 is 48.7. The van der Waals surface area contributed by atoms with E-state index in [9.17, 15) is 17.6 Å². The maximum absolute atomic E-state index is 12.5. The molecule has 0 radical (unpaired) electrons. The fraction of sp³-hybridized carbons (Fsp3) is 0.400. The molecule has 0 aliphatic heterocycles. The fourth-order valence-corrected chi connectivity index (χ4v) is 2.92. The molecule has 0 unspecified atom stereocenters. The summed E-state index contributed by atoms with van der Waals surface area (Å²) in [7, 11) is 1.48. The van der Waals surface area contributed by atoms with Crippen molar-refractivity contribution in [1.82, 2.24) is 0 Å². The van der Waals surface area contributed by atoms with Gasteiger partial charge < -0.3 is 0 Å². The second kappa shape index (κ2) is 3.39. The minimum absolute atomic E-state index is 0.204. The Balaban J connectivity index is 3.05. The Labute approximate surface area is 77.9 Å². The molecule has 0 aromatic carbocycles. The summed E-state index contributed by atoms with van der Waals surface area (Å²) in [6.07, 6.45) is -3.67. The van der Waals surface area contributed by atoms with Crippen molar-refractivity contribution in [3.63, 3.8) is 0 Å². The van der Waals surface area contributed by atoms with Crippen molar-refractivity contribution >= 4 is 32.9 Å². The van der Waals surface area contributed by atoms with E-state index in [0.29, 0.717) is 10.3 Å². The van der Waals surface area contributed by atoms with Gasteiger partial charge in [-0.1, -0.05) is 32.9 Å². The highest BCUT2D eigenvalue weighted by Crippen LogP contribution is 2.38. The van der Waals surface area contributed by atoms with Crippen molar-refractivity contribution in [2.75, 3.05) is 0 Å². The third-order valence-corrected chi connectivity index (χ3v) is 4.01. The zero-order chi connectivity index (χ0) is 9.35. The van der Waals surface area contributed by atoms with Gasteiger partial charge in [0, 0.05) is 0 Å². The first-order valence-corrected chi connectivity index (χ1v) is 5.27. The van der Waals surface area contributed by atoms with Gasteiger partial charge in [0.05, 0.1) is 4.88 Å². The molecule has 1 heterocycles. The highest BCUT2D eigenvalue weighted by Gasteiger charge is 2.44. The number of alkyl halides is 4. The number of rotatable bonds is 2. The van der Waals surface area contributed by atoms with Gasteiger partial charge in [-0.25, -0.2) is 8.78 Å². The van der Waals surface area contributed by atoms with Crippen LogP contribution in [0.4, 0.5) is 17.6 Å². The van der Waals surface area contributed by atoms with Crippen LogP contribution >= 0.6 is 32.9 Å². The molecular formula is C5H2F4S3. The maximum atomic E-state index is 12.5. The molecule has 0 saturated carbocycles. The molecule has 68 valence electrons. The van der Waals surface area contributed by atoms with Gasteiger partial charge in [0.15, 0.2) is 0 Å². The third-order valence-electron chi connectivity index (χ3n) is 1.07. The second-order valence-electron chi connectivity index (χ2n) is 1.92. The van der Waals surface area contributed by atoms with Gasteiger partial charge in [-0.05, 0) is 6.07 Å². The van der Waals surface area contributed by atoms with Crippen LogP contribution in [0.2, 0.25) is 0 Å². The van der Waals surface area contributed by atoms with Crippen molar-refractivity contribution in [2.24, 2.45) is 0 Å². The lowest BCUT2D eigenvalue weighted by atomic mass is 10.3. The minimum Gasteiger partial charge on any atom is -0.203 e. The van der Waals surface area contributed by atoms with Crippen LogP contribution in [-0.2, 0) is 5.92 Å². The lowest BCUT2D eigenvalue weighted by Crippen LogP contribution is -2.21. The molecule has 0 saturated heterocycles. The summed E-state index contributed by atoms with van der Waals surface area (Å²) in [4.78, 5) is -0.660. The second-order valence-corrected chi connectivity index (χ2v) is 4.83. The molecule has 1 aromatic heterocycles. The van der Waals surface area contributed by atoms with Crippen LogP contribution in [0.1, 0.15) is 4.88 Å². The molecule has 0 amide bonds. The number of hydrogen-bond acceptors (Lipinski definition) is 3. The smallest absolute Gasteiger partial charge is 0.203 e. The van der Waals surface area contributed by atoms with E-state index in [1.165, 1.54) is 0 Å². The first kappa shape index (κ1) is 10.1. The highest BCUT2D eigenvalue weighted by molar-refractivity contribution is 7.79. The summed E-state index contributed by atoms with van der Waals surface area (Å²) >= 11 is 4.54. The molecule has 0 aliphatic carbocycles. The quantitative estimate of drug-likeness (QED) is 0.425. The lowest BCUT2D eigenvalue weighted by molar-refractivity contribution is -0.132. The predicted octanol–water partition coefficient (Wildman–Crippen LogP) is 3.90. The third kappa shape index (κ3) is 1.83. The van der Waals surface area contributed by atoms with Gasteiger partial charge in [0.25, 0.3) is 0 Å². The molecule has 0 spiro atoms. The summed E-state index contributed by atoms with van der Waals surface area (Å²) in [5.41, 5.74) is 0. The SMILES string of the molecule is FC(F)C(F)(F)c1cc(=S)ss1. The van der Waals surface area contributed by atoms with E-state index in [4.69, 9.17) is 0 Å². The Hall–Kier alpha value is -0.0100. The fourth-order valence-electron chi connectivity index (χ4n) is 0.500. The van der Waals surface area contributed by atoms with E-state index in [-0.39, 0.29) is 3.82 Å². The molecule has 1 aromatic rings. The van der Waals surface area contributed by atoms with Gasteiger partial charge in [-0.2, -0.15) is 8.78 Å². The Morgan fingerprint density at radius 1 is 1.33 bits per heavy atom. The summed E-state index contributed by atoms with van der Waals surface area (Å²) in [6, 6.07) is 0.914. The maximum Gasteiger partial charge on any atom is 0.342 e. The highest BCUT2D eigenvalue weighted by atomic mass is 32.9. The van der Waals surface area contributed by atoms with E-state index in [1.807, 2.05) is 0 Å². The Kier molecular flexibility index (Phi) is 2.84. The predicted molar refractivity (Wildman–Crippen MR) is 42.9 cm³/mol. The first-order valence-electron chi connectivity index (χ1n) is 2.71. The lowest BCUT2D eigenvalue weighted by Gasteiger charge is -2.11. The minimum atomic E-state index is -4.06. The molecule has 0 atom stereocenters. The molecule has 0 nitrogen and oxygen atoms in total. The van der Waals surface area contributed by atoms with E-state index in [0.717, 1.165) is 16.4 Å². The van der Waals surface area contributed by atoms with E-state index >= 15 is 0 Å². The summed E-state index contributed by atoms with van der Waals surface area (Å²) in [6.45, 7) is 0. The van der Waals surface area contributed by atoms with E-state index < -0.39 is 17.2 Å². The summed E-state index contributed by atoms with van der Waals surface area (Å²) in [5, 5.41) is 0. The van der Waals surface area contributed by atoms with Crippen LogP contribution < -0.4 is 0 Å². The monoisotopic (exact) mass is 234 g/mol. The van der Waals surface area contributed by atoms with Crippen molar-refractivity contribution < 1.29 is 17.6 Å². The van der Waals surface area contributed by atoms with Gasteiger partial charge in [0.2, 0.25) is 0 Å². The van der Waals surface area contributed by atoms with Crippen molar-refractivity contribution in [1.29, 1.82) is 0 Å². The molecule has 12 heavy (non-hydrogen) atoms. The van der Waals surface area contributed by atoms with E-state index in [1.54, 1.807) is 0 Å². The molecule has 0 bridgehead atoms. The standard InChI is InChI=1S/C5H2F4S3/c6-4(7)5(8,9)2-1-3(10)12-11-2/h1,4H. The van der Waals surface area contributed by atoms with Gasteiger partial charge in [-0.3, -0.25) is 0 Å². The zero-order valence-corrected chi connectivity index (χ0v) is 7.84. The Bertz CT molecular complexity index is 312. The Morgan fingerprint density at radius 2 is 1.92 bits per heavy atom. The van der Waals surface area contributed by atoms with Crippen LogP contribution in [0.3, 0.4) is 0 Å². The molecule has 1 rings (SSSR count). The average molecular weight is 234 g/mol. The van der Waals surface area contributed by atoms with Crippen LogP contribution in [-0.4, -0.2) is 6.43 Å². The normalized spacial score (nSPS) is 12.4. The van der Waals surface area contributed by atoms with Gasteiger partial charge in [-0.15, -0.1) is 0 Å². The van der Waals surface area contributed by atoms with Crippen LogP contribution in [0.25, 0.3) is 0 Å². The molecule has 7 heteroatoms. The van der Waals surface area contributed by atoms with Crippen LogP contribution in [0.15, 0.2) is 6.07 Å². The molecule has 0 fully saturated rings. The largest absolute Gasteiger partial charge is 0.342 e. The molecular weight excluding hydrogens is 232 g/mol. The van der Waals surface area contributed by atoms with Crippen molar-refractivity contribution in [2.45, 2.75) is 12.3 Å². The summed E-state index contributed by atoms with van der Waals surface area (Å²) in [5.74, 6) is -4.06. The van der Waals surface area contributed by atoms with Crippen LogP contribution in [0, 0.1) is 3.82 Å². The number of halogens is 4. The zero-order valence-electron chi connectivity index (χ0n) is 5.39. The topological polar surface area (TPSA) is 0 Å². The molecule has 0 N–H and O–H groups in total. The number of hydrogen-bond donors (Lipinski definition) is 0. The Morgan fingerprint density at radius 3 is 2.25 bits per heavy atom.